The van der Waals surface area contributed by atoms with Crippen LogP contribution in [0.2, 0.25) is 5.02 Å². The molecule has 0 saturated heterocycles. The van der Waals surface area contributed by atoms with Crippen LogP contribution in [0, 0.1) is 13.8 Å². The average Bonchev–Trinajstić information content (AvgIpc) is 3.35. The van der Waals surface area contributed by atoms with Crippen molar-refractivity contribution in [2.75, 3.05) is 0 Å². The van der Waals surface area contributed by atoms with Gasteiger partial charge in [-0.1, -0.05) is 109 Å². The topological polar surface area (TPSA) is 48.0 Å². The van der Waals surface area contributed by atoms with Crippen LogP contribution in [0.5, 0.6) is 0 Å². The van der Waals surface area contributed by atoms with E-state index in [0.29, 0.717) is 5.02 Å². The number of para-hydroxylation sites is 1. The third kappa shape index (κ3) is 5.08. The molecule has 0 aliphatic carbocycles. The van der Waals surface area contributed by atoms with Gasteiger partial charge in [0.05, 0.1) is 10.7 Å². The maximum absolute atomic E-state index is 6.86. The minimum atomic E-state index is -0.201. The third-order valence-corrected chi connectivity index (χ3v) is 6.92. The SMILES string of the molecule is Cc1cccc(C)c1-n1nnnc1[C@@H](c1ccccc1Cl)[NH+](Cc1ccccc1)Cc1ccccc1. The molecule has 1 atom stereocenters. The second kappa shape index (κ2) is 10.9. The van der Waals surface area contributed by atoms with Gasteiger partial charge in [0.1, 0.15) is 13.1 Å². The number of benzene rings is 4. The fourth-order valence-corrected chi connectivity index (χ4v) is 5.15. The molecule has 0 radical (unpaired) electrons. The smallest absolute Gasteiger partial charge is 0.219 e. The number of aromatic nitrogens is 4. The molecule has 4 aromatic carbocycles. The van der Waals surface area contributed by atoms with Gasteiger partial charge in [0.2, 0.25) is 5.82 Å². The molecule has 5 nitrogen and oxygen atoms in total. The van der Waals surface area contributed by atoms with E-state index >= 15 is 0 Å². The summed E-state index contributed by atoms with van der Waals surface area (Å²) in [6.07, 6.45) is 0. The van der Waals surface area contributed by atoms with Crippen LogP contribution in [0.25, 0.3) is 5.69 Å². The van der Waals surface area contributed by atoms with Crippen molar-refractivity contribution in [3.05, 3.63) is 142 Å². The van der Waals surface area contributed by atoms with Gasteiger partial charge in [-0.05, 0) is 41.5 Å². The predicted octanol–water partition coefficient (Wildman–Crippen LogP) is 5.31. The Kier molecular flexibility index (Phi) is 7.21. The van der Waals surface area contributed by atoms with E-state index in [2.05, 4.69) is 102 Å². The number of tetrazole rings is 1. The molecule has 0 fully saturated rings. The van der Waals surface area contributed by atoms with Crippen molar-refractivity contribution >= 4 is 11.6 Å². The second-order valence-electron chi connectivity index (χ2n) is 9.13. The Morgan fingerprint density at radius 3 is 1.86 bits per heavy atom. The Morgan fingerprint density at radius 2 is 1.28 bits per heavy atom. The maximum Gasteiger partial charge on any atom is 0.219 e. The Balaban J connectivity index is 1.69. The van der Waals surface area contributed by atoms with Crippen LogP contribution < -0.4 is 4.90 Å². The van der Waals surface area contributed by atoms with Gasteiger partial charge >= 0.3 is 0 Å². The summed E-state index contributed by atoms with van der Waals surface area (Å²) in [5.74, 6) is 0.766. The highest BCUT2D eigenvalue weighted by molar-refractivity contribution is 6.31. The van der Waals surface area contributed by atoms with Crippen LogP contribution in [0.15, 0.2) is 103 Å². The Bertz CT molecular complexity index is 1370. The highest BCUT2D eigenvalue weighted by atomic mass is 35.5. The maximum atomic E-state index is 6.86. The number of hydrogen-bond acceptors (Lipinski definition) is 3. The summed E-state index contributed by atoms with van der Waals surface area (Å²) >= 11 is 6.86. The van der Waals surface area contributed by atoms with Crippen molar-refractivity contribution in [2.24, 2.45) is 0 Å². The lowest BCUT2D eigenvalue weighted by molar-refractivity contribution is -0.953. The summed E-state index contributed by atoms with van der Waals surface area (Å²) in [7, 11) is 0. The van der Waals surface area contributed by atoms with Crippen LogP contribution in [-0.4, -0.2) is 20.2 Å². The van der Waals surface area contributed by atoms with Crippen LogP contribution in [0.1, 0.15) is 39.7 Å². The van der Waals surface area contributed by atoms with E-state index in [1.54, 1.807) is 0 Å². The number of hydrogen-bond donors (Lipinski definition) is 1. The zero-order chi connectivity index (χ0) is 24.9. The molecule has 1 heterocycles. The molecule has 1 aromatic heterocycles. The van der Waals surface area contributed by atoms with Crippen LogP contribution in [0.3, 0.4) is 0 Å². The summed E-state index contributed by atoms with van der Waals surface area (Å²) in [4.78, 5) is 1.28. The van der Waals surface area contributed by atoms with Crippen molar-refractivity contribution in [2.45, 2.75) is 33.0 Å². The minimum absolute atomic E-state index is 0.201. The Morgan fingerprint density at radius 1 is 0.722 bits per heavy atom. The first kappa shape index (κ1) is 23.9. The van der Waals surface area contributed by atoms with Crippen molar-refractivity contribution in [1.82, 2.24) is 20.2 Å². The van der Waals surface area contributed by atoms with Gasteiger partial charge in [-0.15, -0.1) is 5.10 Å². The Hall–Kier alpha value is -3.80. The molecule has 0 saturated carbocycles. The summed E-state index contributed by atoms with van der Waals surface area (Å²) in [5.41, 5.74) is 6.73. The van der Waals surface area contributed by atoms with Crippen molar-refractivity contribution < 1.29 is 4.90 Å². The van der Waals surface area contributed by atoms with Gasteiger partial charge in [-0.25, -0.2) is 0 Å². The fraction of sp³-hybridized carbons (Fsp3) is 0.167. The molecule has 0 aliphatic heterocycles. The fourth-order valence-electron chi connectivity index (χ4n) is 4.91. The van der Waals surface area contributed by atoms with Gasteiger partial charge in [0, 0.05) is 16.7 Å². The van der Waals surface area contributed by atoms with Gasteiger partial charge < -0.3 is 4.90 Å². The standard InChI is InChI=1S/C30H28ClN5/c1-22-12-11-13-23(2)28(22)36-30(32-33-34-36)29(26-18-9-10-19-27(26)31)35(20-24-14-5-3-6-15-24)21-25-16-7-4-8-17-25/h3-19,29H,20-21H2,1-2H3/p+1/t29-/m1/s1. The minimum Gasteiger partial charge on any atom is -0.315 e. The largest absolute Gasteiger partial charge is 0.315 e. The van der Waals surface area contributed by atoms with E-state index in [9.17, 15) is 0 Å². The van der Waals surface area contributed by atoms with Crippen LogP contribution in [-0.2, 0) is 13.1 Å². The summed E-state index contributed by atoms with van der Waals surface area (Å²) in [5, 5.41) is 14.0. The van der Waals surface area contributed by atoms with Crippen molar-refractivity contribution in [1.29, 1.82) is 0 Å². The van der Waals surface area contributed by atoms with Gasteiger partial charge in [-0.2, -0.15) is 4.68 Å². The van der Waals surface area contributed by atoms with E-state index < -0.39 is 0 Å². The molecule has 0 unspecified atom stereocenters. The molecular formula is C30H29ClN5+. The summed E-state index contributed by atoms with van der Waals surface area (Å²) in [6.45, 7) is 5.75. The van der Waals surface area contributed by atoms with E-state index in [4.69, 9.17) is 11.6 Å². The lowest BCUT2D eigenvalue weighted by Crippen LogP contribution is -3.10. The van der Waals surface area contributed by atoms with E-state index in [0.717, 1.165) is 41.3 Å². The number of quaternary nitrogens is 1. The van der Waals surface area contributed by atoms with Gasteiger partial charge in [0.25, 0.3) is 0 Å². The molecule has 0 spiro atoms. The molecule has 0 bridgehead atoms. The number of nitrogens with zero attached hydrogens (tertiary/aromatic N) is 4. The lowest BCUT2D eigenvalue weighted by Gasteiger charge is -2.29. The van der Waals surface area contributed by atoms with Gasteiger partial charge in [-0.3, -0.25) is 0 Å². The highest BCUT2D eigenvalue weighted by Crippen LogP contribution is 2.28. The molecule has 5 rings (SSSR count). The monoisotopic (exact) mass is 494 g/mol. The molecule has 6 heteroatoms. The van der Waals surface area contributed by atoms with E-state index in [1.165, 1.54) is 16.0 Å². The van der Waals surface area contributed by atoms with Gasteiger partial charge in [0.15, 0.2) is 6.04 Å². The van der Waals surface area contributed by atoms with Crippen LogP contribution >= 0.6 is 11.6 Å². The van der Waals surface area contributed by atoms with Crippen molar-refractivity contribution in [3.63, 3.8) is 0 Å². The predicted molar refractivity (Wildman–Crippen MR) is 143 cm³/mol. The molecule has 5 aromatic rings. The summed E-state index contributed by atoms with van der Waals surface area (Å²) < 4.78 is 1.90. The zero-order valence-electron chi connectivity index (χ0n) is 20.5. The number of nitrogens with one attached hydrogen (secondary N) is 1. The summed E-state index contributed by atoms with van der Waals surface area (Å²) in [6, 6.07) is 35.2. The second-order valence-corrected chi connectivity index (χ2v) is 9.53. The average molecular weight is 495 g/mol. The van der Waals surface area contributed by atoms with Crippen molar-refractivity contribution in [3.8, 4) is 5.69 Å². The molecule has 1 N–H and O–H groups in total. The molecule has 36 heavy (non-hydrogen) atoms. The number of halogens is 1. The first-order chi connectivity index (χ1) is 17.6. The van der Waals surface area contributed by atoms with E-state index in [-0.39, 0.29) is 6.04 Å². The quantitative estimate of drug-likeness (QED) is 0.318. The first-order valence-corrected chi connectivity index (χ1v) is 12.5. The zero-order valence-corrected chi connectivity index (χ0v) is 21.2. The molecular weight excluding hydrogens is 466 g/mol. The first-order valence-electron chi connectivity index (χ1n) is 12.1. The highest BCUT2D eigenvalue weighted by Gasteiger charge is 2.34. The van der Waals surface area contributed by atoms with Crippen LogP contribution in [0.4, 0.5) is 0 Å². The number of rotatable bonds is 8. The van der Waals surface area contributed by atoms with E-state index in [1.807, 2.05) is 35.0 Å². The molecule has 0 aliphatic rings. The lowest BCUT2D eigenvalue weighted by atomic mass is 10.0. The molecule has 0 amide bonds. The normalized spacial score (nSPS) is 12.1. The number of aryl methyl sites for hydroxylation is 2. The Labute approximate surface area is 217 Å². The molecule has 180 valence electrons. The third-order valence-electron chi connectivity index (χ3n) is 6.58.